The number of benzene rings is 1. The highest BCUT2D eigenvalue weighted by molar-refractivity contribution is 5.99. The van der Waals surface area contributed by atoms with E-state index >= 15 is 0 Å². The summed E-state index contributed by atoms with van der Waals surface area (Å²) in [4.78, 5) is 25.1. The van der Waals surface area contributed by atoms with E-state index in [1.165, 1.54) is 0 Å². The molecule has 2 aromatic rings. The average molecular weight is 318 g/mol. The van der Waals surface area contributed by atoms with Crippen LogP contribution in [0, 0.1) is 6.92 Å². The van der Waals surface area contributed by atoms with Crippen LogP contribution in [0.25, 0.3) is 11.0 Å². The van der Waals surface area contributed by atoms with Crippen molar-refractivity contribution in [1.82, 2.24) is 10.2 Å². The minimum Gasteiger partial charge on any atom is -0.497 e. The summed E-state index contributed by atoms with van der Waals surface area (Å²) in [5, 5.41) is 3.64. The quantitative estimate of drug-likeness (QED) is 0.911. The summed E-state index contributed by atoms with van der Waals surface area (Å²) in [6.45, 7) is 3.55. The highest BCUT2D eigenvalue weighted by Crippen LogP contribution is 2.28. The van der Waals surface area contributed by atoms with E-state index in [0.717, 1.165) is 10.9 Å². The second-order valence-corrected chi connectivity index (χ2v) is 5.28. The Kier molecular flexibility index (Phi) is 4.10. The Hall–Kier alpha value is -2.70. The Labute approximate surface area is 133 Å². The monoisotopic (exact) mass is 318 g/mol. The molecule has 0 saturated carbocycles. The molecule has 7 nitrogen and oxygen atoms in total. The topological polar surface area (TPSA) is 81.0 Å². The zero-order valence-corrected chi connectivity index (χ0v) is 13.0. The molecular formula is C16H18N2O5. The SMILES string of the molecule is COc1ccc2c(C)c(C(=O)NCCN3CCOC3=O)oc2c1. The molecule has 23 heavy (non-hydrogen) atoms. The zero-order chi connectivity index (χ0) is 16.4. The van der Waals surface area contributed by atoms with Crippen molar-refractivity contribution in [1.29, 1.82) is 0 Å². The summed E-state index contributed by atoms with van der Waals surface area (Å²) >= 11 is 0. The summed E-state index contributed by atoms with van der Waals surface area (Å²) in [6.07, 6.45) is -0.341. The summed E-state index contributed by atoms with van der Waals surface area (Å²) in [7, 11) is 1.58. The van der Waals surface area contributed by atoms with Gasteiger partial charge in [-0.15, -0.1) is 0 Å². The van der Waals surface area contributed by atoms with Crippen LogP contribution in [0.3, 0.4) is 0 Å². The molecule has 0 bridgehead atoms. The van der Waals surface area contributed by atoms with Gasteiger partial charge in [0.1, 0.15) is 17.9 Å². The maximum atomic E-state index is 12.3. The number of carbonyl (C=O) groups is 2. The molecule has 7 heteroatoms. The van der Waals surface area contributed by atoms with Crippen LogP contribution in [0.4, 0.5) is 4.79 Å². The summed E-state index contributed by atoms with van der Waals surface area (Å²) in [5.74, 6) is 0.647. The Morgan fingerprint density at radius 2 is 2.26 bits per heavy atom. The lowest BCUT2D eigenvalue weighted by Crippen LogP contribution is -2.35. The van der Waals surface area contributed by atoms with Crippen molar-refractivity contribution in [3.8, 4) is 5.75 Å². The van der Waals surface area contributed by atoms with Crippen LogP contribution in [0.5, 0.6) is 5.75 Å². The lowest BCUT2D eigenvalue weighted by atomic mass is 10.1. The van der Waals surface area contributed by atoms with E-state index in [1.54, 1.807) is 18.1 Å². The second kappa shape index (κ2) is 6.20. The maximum absolute atomic E-state index is 12.3. The number of nitrogens with one attached hydrogen (secondary N) is 1. The molecule has 0 unspecified atom stereocenters. The van der Waals surface area contributed by atoms with Gasteiger partial charge in [0.25, 0.3) is 5.91 Å². The number of amides is 2. The molecule has 1 aromatic heterocycles. The van der Waals surface area contributed by atoms with Crippen molar-refractivity contribution in [2.45, 2.75) is 6.92 Å². The number of aryl methyl sites for hydroxylation is 1. The van der Waals surface area contributed by atoms with E-state index in [1.807, 2.05) is 19.1 Å². The largest absolute Gasteiger partial charge is 0.497 e. The van der Waals surface area contributed by atoms with Gasteiger partial charge in [-0.1, -0.05) is 0 Å². The third-order valence-corrected chi connectivity index (χ3v) is 3.86. The molecule has 0 spiro atoms. The Balaban J connectivity index is 1.68. The Morgan fingerprint density at radius 3 is 2.96 bits per heavy atom. The van der Waals surface area contributed by atoms with Gasteiger partial charge >= 0.3 is 6.09 Å². The molecule has 1 N–H and O–H groups in total. The smallest absolute Gasteiger partial charge is 0.409 e. The van der Waals surface area contributed by atoms with Crippen molar-refractivity contribution in [3.05, 3.63) is 29.5 Å². The van der Waals surface area contributed by atoms with Crippen LogP contribution in [0.1, 0.15) is 16.1 Å². The van der Waals surface area contributed by atoms with E-state index in [9.17, 15) is 9.59 Å². The van der Waals surface area contributed by atoms with Gasteiger partial charge in [0.15, 0.2) is 5.76 Å². The minimum absolute atomic E-state index is 0.275. The molecule has 0 aliphatic carbocycles. The number of fused-ring (bicyclic) bond motifs is 1. The van der Waals surface area contributed by atoms with Gasteiger partial charge in [0, 0.05) is 30.1 Å². The van der Waals surface area contributed by atoms with Crippen LogP contribution < -0.4 is 10.1 Å². The number of carbonyl (C=O) groups excluding carboxylic acids is 2. The summed E-state index contributed by atoms with van der Waals surface area (Å²) in [6, 6.07) is 5.44. The van der Waals surface area contributed by atoms with E-state index in [2.05, 4.69) is 5.32 Å². The van der Waals surface area contributed by atoms with Crippen LogP contribution >= 0.6 is 0 Å². The molecule has 0 atom stereocenters. The lowest BCUT2D eigenvalue weighted by Gasteiger charge is -2.12. The molecule has 3 rings (SSSR count). The predicted octanol–water partition coefficient (Wildman–Crippen LogP) is 1.93. The van der Waals surface area contributed by atoms with E-state index in [4.69, 9.17) is 13.9 Å². The van der Waals surface area contributed by atoms with Gasteiger partial charge in [-0.2, -0.15) is 0 Å². The molecule has 1 aliphatic rings. The van der Waals surface area contributed by atoms with Crippen molar-refractivity contribution in [3.63, 3.8) is 0 Å². The second-order valence-electron chi connectivity index (χ2n) is 5.28. The van der Waals surface area contributed by atoms with Gasteiger partial charge in [-0.3, -0.25) is 4.79 Å². The molecule has 1 aromatic carbocycles. The van der Waals surface area contributed by atoms with E-state index in [0.29, 0.717) is 37.6 Å². The standard InChI is InChI=1S/C16H18N2O5/c1-10-12-4-3-11(21-2)9-13(12)23-14(10)15(19)17-5-6-18-7-8-22-16(18)20/h3-4,9H,5-8H2,1-2H3,(H,17,19). The number of ether oxygens (including phenoxy) is 2. The van der Waals surface area contributed by atoms with Crippen LogP contribution in [-0.4, -0.2) is 50.3 Å². The molecule has 0 radical (unpaired) electrons. The fourth-order valence-corrected chi connectivity index (χ4v) is 2.56. The normalized spacial score (nSPS) is 14.2. The van der Waals surface area contributed by atoms with Crippen molar-refractivity contribution >= 4 is 23.0 Å². The zero-order valence-electron chi connectivity index (χ0n) is 13.0. The number of methoxy groups -OCH3 is 1. The maximum Gasteiger partial charge on any atom is 0.409 e. The van der Waals surface area contributed by atoms with Crippen molar-refractivity contribution in [2.75, 3.05) is 33.4 Å². The van der Waals surface area contributed by atoms with Crippen LogP contribution in [-0.2, 0) is 4.74 Å². The van der Waals surface area contributed by atoms with E-state index < -0.39 is 0 Å². The molecule has 2 amide bonds. The molecule has 1 aliphatic heterocycles. The van der Waals surface area contributed by atoms with Gasteiger partial charge < -0.3 is 24.1 Å². The number of cyclic esters (lactones) is 1. The highest BCUT2D eigenvalue weighted by atomic mass is 16.6. The van der Waals surface area contributed by atoms with Gasteiger partial charge in [-0.05, 0) is 19.1 Å². The van der Waals surface area contributed by atoms with E-state index in [-0.39, 0.29) is 17.8 Å². The fourth-order valence-electron chi connectivity index (χ4n) is 2.56. The van der Waals surface area contributed by atoms with Crippen molar-refractivity contribution in [2.24, 2.45) is 0 Å². The molecular weight excluding hydrogens is 300 g/mol. The first-order valence-corrected chi connectivity index (χ1v) is 7.37. The number of nitrogens with zero attached hydrogens (tertiary/aromatic N) is 1. The van der Waals surface area contributed by atoms with Crippen molar-refractivity contribution < 1.29 is 23.5 Å². The van der Waals surface area contributed by atoms with Crippen LogP contribution in [0.15, 0.2) is 22.6 Å². The first-order chi connectivity index (χ1) is 11.1. The van der Waals surface area contributed by atoms with Gasteiger partial charge in [-0.25, -0.2) is 4.79 Å². The Bertz CT molecular complexity index is 752. The summed E-state index contributed by atoms with van der Waals surface area (Å²) < 4.78 is 15.6. The number of rotatable bonds is 5. The fraction of sp³-hybridized carbons (Fsp3) is 0.375. The highest BCUT2D eigenvalue weighted by Gasteiger charge is 2.22. The average Bonchev–Trinajstić information content (AvgIpc) is 3.11. The third kappa shape index (κ3) is 2.94. The third-order valence-electron chi connectivity index (χ3n) is 3.86. The van der Waals surface area contributed by atoms with Gasteiger partial charge in [0.2, 0.25) is 0 Å². The van der Waals surface area contributed by atoms with Crippen LogP contribution in [0.2, 0.25) is 0 Å². The lowest BCUT2D eigenvalue weighted by molar-refractivity contribution is 0.0922. The predicted molar refractivity (Wildman–Crippen MR) is 82.8 cm³/mol. The molecule has 122 valence electrons. The minimum atomic E-state index is -0.341. The number of hydrogen-bond donors (Lipinski definition) is 1. The Morgan fingerprint density at radius 1 is 1.43 bits per heavy atom. The first-order valence-electron chi connectivity index (χ1n) is 7.37. The molecule has 1 saturated heterocycles. The summed E-state index contributed by atoms with van der Waals surface area (Å²) in [5.41, 5.74) is 1.39. The van der Waals surface area contributed by atoms with Gasteiger partial charge in [0.05, 0.1) is 13.7 Å². The number of furan rings is 1. The molecule has 2 heterocycles. The number of hydrogen-bond acceptors (Lipinski definition) is 5. The first kappa shape index (κ1) is 15.2. The molecule has 1 fully saturated rings.